The molecule has 1 saturated heterocycles. The quantitative estimate of drug-likeness (QED) is 0.273. The van der Waals surface area contributed by atoms with Crippen LogP contribution in [-0.2, 0) is 51.8 Å². The van der Waals surface area contributed by atoms with E-state index in [9.17, 15) is 32.4 Å². The SMILES string of the molecule is CC(C)(C)OC(=O)C[C@H]1CCCCC/C=C\[C@@H]2C[C@@]2(C(=O)NS(=O)(=O)c2ccc(Cl)s2)NC(=O)[C@@H]2C[C@@H](OC(=O)N3Cc4cccc(Cl)c4C3)CN2C1=O. The maximum Gasteiger partial charge on any atom is 0.410 e. The van der Waals surface area contributed by atoms with Gasteiger partial charge in [-0.1, -0.05) is 60.3 Å². The Morgan fingerprint density at radius 3 is 2.56 bits per heavy atom. The lowest BCUT2D eigenvalue weighted by Crippen LogP contribution is -2.56. The van der Waals surface area contributed by atoms with Crippen molar-refractivity contribution in [2.45, 2.75) is 113 Å². The predicted molar refractivity (Wildman–Crippen MR) is 201 cm³/mol. The minimum absolute atomic E-state index is 0.0891. The van der Waals surface area contributed by atoms with Crippen LogP contribution < -0.4 is 10.0 Å². The summed E-state index contributed by atoms with van der Waals surface area (Å²) in [5.74, 6) is -4.01. The van der Waals surface area contributed by atoms with Crippen LogP contribution in [0, 0.1) is 11.8 Å². The summed E-state index contributed by atoms with van der Waals surface area (Å²) in [6.07, 6.45) is 5.18. The number of carbonyl (C=O) groups excluding carboxylic acids is 5. The highest BCUT2D eigenvalue weighted by Crippen LogP contribution is 2.46. The Morgan fingerprint density at radius 1 is 1.07 bits per heavy atom. The molecule has 0 spiro atoms. The van der Waals surface area contributed by atoms with Gasteiger partial charge in [0.2, 0.25) is 11.8 Å². The molecule has 1 aliphatic carbocycles. The van der Waals surface area contributed by atoms with Crippen molar-refractivity contribution in [1.82, 2.24) is 19.8 Å². The standard InChI is InChI=1S/C37H44Cl2N4O9S2/c1-36(2,3)52-30(44)16-22-10-7-5-4-6-8-12-24-18-37(24,34(47)41-54(49,50)31-15-14-29(39)53-31)40-32(45)28-17-25(20-43(28)33(22)46)51-35(48)42-19-23-11-9-13-27(38)26(23)21-42/h8-9,11-15,22,24-25,28H,4-7,10,16-21H2,1-3H3,(H,40,45)(H,41,47)/b12-8-/t22-,24-,25-,28+,37-/m1/s1. The third-order valence-corrected chi connectivity index (χ3v) is 13.5. The van der Waals surface area contributed by atoms with Crippen LogP contribution in [0.3, 0.4) is 0 Å². The zero-order valence-electron chi connectivity index (χ0n) is 30.3. The summed E-state index contributed by atoms with van der Waals surface area (Å²) in [5.41, 5.74) is -0.698. The van der Waals surface area contributed by atoms with Gasteiger partial charge in [-0.3, -0.25) is 24.1 Å². The molecule has 2 aromatic rings. The molecule has 0 bridgehead atoms. The Balaban J connectivity index is 1.26. The number of amides is 4. The van der Waals surface area contributed by atoms with Crippen LogP contribution in [0.4, 0.5) is 4.79 Å². The van der Waals surface area contributed by atoms with Crippen molar-refractivity contribution >= 4 is 74.3 Å². The number of sulfonamides is 1. The lowest BCUT2D eigenvalue weighted by molar-refractivity contribution is -0.159. The number of hydrogen-bond acceptors (Lipinski definition) is 10. The van der Waals surface area contributed by atoms with E-state index in [1.807, 2.05) is 18.2 Å². The number of hydrogen-bond donors (Lipinski definition) is 2. The Kier molecular flexibility index (Phi) is 11.7. The number of allylic oxidation sites excluding steroid dienone is 1. The van der Waals surface area contributed by atoms with E-state index in [4.69, 9.17) is 32.7 Å². The first-order valence-electron chi connectivity index (χ1n) is 18.0. The number of rotatable bonds is 6. The summed E-state index contributed by atoms with van der Waals surface area (Å²) in [4.78, 5) is 71.9. The molecule has 0 radical (unpaired) electrons. The molecule has 4 aliphatic rings. The number of ether oxygens (including phenoxy) is 2. The van der Waals surface area contributed by atoms with Crippen LogP contribution in [0.5, 0.6) is 0 Å². The summed E-state index contributed by atoms with van der Waals surface area (Å²) < 4.78 is 40.0. The monoisotopic (exact) mass is 822 g/mol. The smallest absolute Gasteiger partial charge is 0.410 e. The molecule has 4 amide bonds. The molecule has 1 saturated carbocycles. The van der Waals surface area contributed by atoms with Gasteiger partial charge < -0.3 is 19.7 Å². The molecule has 3 aliphatic heterocycles. The minimum Gasteiger partial charge on any atom is -0.460 e. The van der Waals surface area contributed by atoms with Crippen molar-refractivity contribution in [3.8, 4) is 0 Å². The Hall–Kier alpha value is -3.66. The highest BCUT2D eigenvalue weighted by atomic mass is 35.5. The number of thiophene rings is 1. The zero-order valence-corrected chi connectivity index (χ0v) is 33.4. The van der Waals surface area contributed by atoms with Crippen molar-refractivity contribution in [1.29, 1.82) is 0 Å². The number of nitrogens with one attached hydrogen (secondary N) is 2. The maximum absolute atomic E-state index is 14.4. The molecule has 1 aromatic heterocycles. The molecule has 54 heavy (non-hydrogen) atoms. The molecule has 1 aromatic carbocycles. The zero-order chi connectivity index (χ0) is 39.0. The lowest BCUT2D eigenvalue weighted by atomic mass is 9.95. The van der Waals surface area contributed by atoms with Crippen LogP contribution in [0.15, 0.2) is 46.7 Å². The number of nitrogens with zero attached hydrogens (tertiary/aromatic N) is 2. The first-order chi connectivity index (χ1) is 25.5. The van der Waals surface area contributed by atoms with E-state index >= 15 is 0 Å². The van der Waals surface area contributed by atoms with E-state index in [1.54, 1.807) is 32.9 Å². The number of esters is 1. The number of carbonyl (C=O) groups is 5. The van der Waals surface area contributed by atoms with Gasteiger partial charge in [-0.2, -0.15) is 0 Å². The number of benzene rings is 1. The van der Waals surface area contributed by atoms with E-state index < -0.39 is 74.9 Å². The molecule has 2 N–H and O–H groups in total. The normalized spacial score (nSPS) is 26.7. The molecular weight excluding hydrogens is 779 g/mol. The highest BCUT2D eigenvalue weighted by Gasteiger charge is 2.62. The molecule has 0 unspecified atom stereocenters. The third kappa shape index (κ3) is 9.06. The van der Waals surface area contributed by atoms with Gasteiger partial charge in [0.1, 0.15) is 27.5 Å². The van der Waals surface area contributed by atoms with E-state index in [2.05, 4.69) is 10.0 Å². The molecule has 17 heteroatoms. The molecule has 5 atom stereocenters. The van der Waals surface area contributed by atoms with Crippen LogP contribution in [0.1, 0.15) is 83.3 Å². The van der Waals surface area contributed by atoms with Crippen LogP contribution in [0.2, 0.25) is 9.36 Å². The summed E-state index contributed by atoms with van der Waals surface area (Å²) in [6.45, 7) is 5.59. The van der Waals surface area contributed by atoms with Gasteiger partial charge in [0.25, 0.3) is 15.9 Å². The second-order valence-corrected chi connectivity index (χ2v) is 19.3. The number of fused-ring (bicyclic) bond motifs is 3. The average molecular weight is 824 g/mol. The number of halogens is 2. The van der Waals surface area contributed by atoms with Gasteiger partial charge in [-0.05, 0) is 75.8 Å². The van der Waals surface area contributed by atoms with E-state index in [1.165, 1.54) is 21.9 Å². The first kappa shape index (κ1) is 40.0. The Labute approximate surface area is 328 Å². The molecule has 2 fully saturated rings. The van der Waals surface area contributed by atoms with Crippen molar-refractivity contribution in [3.05, 3.63) is 63.0 Å². The fraction of sp³-hybridized carbons (Fsp3) is 0.541. The van der Waals surface area contributed by atoms with Gasteiger partial charge in [0.05, 0.1) is 23.8 Å². The van der Waals surface area contributed by atoms with Gasteiger partial charge in [-0.25, -0.2) is 17.9 Å². The Bertz CT molecular complexity index is 1960. The molecule has 292 valence electrons. The minimum atomic E-state index is -4.31. The van der Waals surface area contributed by atoms with E-state index in [-0.39, 0.29) is 47.4 Å². The fourth-order valence-corrected chi connectivity index (χ4v) is 10.1. The topological polar surface area (TPSA) is 168 Å². The molecule has 4 heterocycles. The summed E-state index contributed by atoms with van der Waals surface area (Å²) >= 11 is 13.1. The molecule has 13 nitrogen and oxygen atoms in total. The summed E-state index contributed by atoms with van der Waals surface area (Å²) in [6, 6.07) is 6.91. The summed E-state index contributed by atoms with van der Waals surface area (Å²) in [5, 5.41) is 3.33. The fourth-order valence-electron chi connectivity index (χ4n) is 7.31. The van der Waals surface area contributed by atoms with Gasteiger partial charge in [-0.15, -0.1) is 11.3 Å². The average Bonchev–Trinajstić information content (AvgIpc) is 3.46. The summed E-state index contributed by atoms with van der Waals surface area (Å²) in [7, 11) is -4.31. The van der Waals surface area contributed by atoms with Gasteiger partial charge in [0.15, 0.2) is 0 Å². The van der Waals surface area contributed by atoms with Crippen LogP contribution >= 0.6 is 34.5 Å². The first-order valence-corrected chi connectivity index (χ1v) is 21.1. The third-order valence-electron chi connectivity index (χ3n) is 10.1. The van der Waals surface area contributed by atoms with Crippen LogP contribution in [-0.4, -0.2) is 77.8 Å². The maximum atomic E-state index is 14.4. The molecule has 6 rings (SSSR count). The van der Waals surface area contributed by atoms with E-state index in [0.29, 0.717) is 24.3 Å². The van der Waals surface area contributed by atoms with Crippen molar-refractivity contribution in [2.75, 3.05) is 6.54 Å². The lowest BCUT2D eigenvalue weighted by Gasteiger charge is -2.30. The largest absolute Gasteiger partial charge is 0.460 e. The predicted octanol–water partition coefficient (Wildman–Crippen LogP) is 5.72. The second-order valence-electron chi connectivity index (χ2n) is 15.3. The van der Waals surface area contributed by atoms with Gasteiger partial charge >= 0.3 is 12.1 Å². The van der Waals surface area contributed by atoms with Gasteiger partial charge in [0, 0.05) is 29.8 Å². The van der Waals surface area contributed by atoms with Crippen molar-refractivity contribution in [3.63, 3.8) is 0 Å². The highest BCUT2D eigenvalue weighted by molar-refractivity contribution is 7.92. The second kappa shape index (κ2) is 15.8. The molecular formula is C37H44Cl2N4O9S2. The Morgan fingerprint density at radius 2 is 1.85 bits per heavy atom. The van der Waals surface area contributed by atoms with Crippen molar-refractivity contribution < 1.29 is 41.9 Å². The van der Waals surface area contributed by atoms with Crippen LogP contribution in [0.25, 0.3) is 0 Å². The van der Waals surface area contributed by atoms with Crippen molar-refractivity contribution in [2.24, 2.45) is 11.8 Å². The van der Waals surface area contributed by atoms with E-state index in [0.717, 1.165) is 35.3 Å².